The average molecular weight is 237 g/mol. The molecular formula is C13H19NOS. The lowest BCUT2D eigenvalue weighted by Gasteiger charge is -2.29. The number of thioether (sulfide) groups is 1. The minimum absolute atomic E-state index is 0.354. The number of ether oxygens (including phenoxy) is 1. The molecule has 0 aliphatic carbocycles. The van der Waals surface area contributed by atoms with Gasteiger partial charge in [-0.15, -0.1) is 0 Å². The summed E-state index contributed by atoms with van der Waals surface area (Å²) in [4.78, 5) is 0. The maximum atomic E-state index is 5.62. The van der Waals surface area contributed by atoms with E-state index in [1.54, 1.807) is 0 Å². The summed E-state index contributed by atoms with van der Waals surface area (Å²) in [6.45, 7) is 3.77. The summed E-state index contributed by atoms with van der Waals surface area (Å²) in [7, 11) is 0. The van der Waals surface area contributed by atoms with Gasteiger partial charge in [-0.1, -0.05) is 24.3 Å². The van der Waals surface area contributed by atoms with Crippen molar-refractivity contribution < 1.29 is 4.74 Å². The van der Waals surface area contributed by atoms with E-state index in [0.717, 1.165) is 19.0 Å². The molecule has 2 nitrogen and oxygen atoms in total. The second-order valence-corrected chi connectivity index (χ2v) is 5.20. The number of benzene rings is 1. The van der Waals surface area contributed by atoms with Crippen molar-refractivity contribution >= 4 is 11.8 Å². The Morgan fingerprint density at radius 3 is 3.12 bits per heavy atom. The van der Waals surface area contributed by atoms with Crippen molar-refractivity contribution in [2.75, 3.05) is 18.6 Å². The van der Waals surface area contributed by atoms with Gasteiger partial charge >= 0.3 is 0 Å². The molecule has 0 aromatic heterocycles. The van der Waals surface area contributed by atoms with Crippen molar-refractivity contribution in [1.29, 1.82) is 0 Å². The molecule has 1 aliphatic rings. The van der Waals surface area contributed by atoms with Crippen LogP contribution in [0, 0.1) is 0 Å². The summed E-state index contributed by atoms with van der Waals surface area (Å²) in [6, 6.07) is 9.43. The highest BCUT2D eigenvalue weighted by Gasteiger charge is 2.21. The van der Waals surface area contributed by atoms with Crippen LogP contribution in [0.15, 0.2) is 24.3 Å². The molecule has 0 bridgehead atoms. The van der Waals surface area contributed by atoms with Crippen LogP contribution in [-0.2, 0) is 11.3 Å². The molecule has 0 radical (unpaired) electrons. The van der Waals surface area contributed by atoms with Crippen molar-refractivity contribution in [2.45, 2.75) is 25.6 Å². The Hall–Kier alpha value is -0.510. The molecule has 3 heteroatoms. The molecule has 1 heterocycles. The number of rotatable bonds is 4. The van der Waals surface area contributed by atoms with Gasteiger partial charge in [0.15, 0.2) is 0 Å². The van der Waals surface area contributed by atoms with Crippen molar-refractivity contribution in [1.82, 2.24) is 5.32 Å². The SMILES string of the molecule is CSCC(C)NC1COCc2ccccc21. The van der Waals surface area contributed by atoms with Gasteiger partial charge in [-0.25, -0.2) is 0 Å². The molecule has 0 saturated heterocycles. The maximum Gasteiger partial charge on any atom is 0.0721 e. The Bertz CT molecular complexity index is 342. The first-order valence-corrected chi connectivity index (χ1v) is 7.11. The van der Waals surface area contributed by atoms with Gasteiger partial charge in [0.05, 0.1) is 19.3 Å². The first kappa shape index (κ1) is 12.0. The zero-order valence-electron chi connectivity index (χ0n) is 9.90. The Morgan fingerprint density at radius 2 is 2.31 bits per heavy atom. The Labute approximate surface area is 102 Å². The standard InChI is InChI=1S/C13H19NOS/c1-10(9-16-2)14-13-8-15-7-11-5-3-4-6-12(11)13/h3-6,10,13-14H,7-9H2,1-2H3. The van der Waals surface area contributed by atoms with Gasteiger partial charge in [-0.2, -0.15) is 11.8 Å². The fourth-order valence-electron chi connectivity index (χ4n) is 2.16. The van der Waals surface area contributed by atoms with Crippen molar-refractivity contribution in [3.8, 4) is 0 Å². The zero-order chi connectivity index (χ0) is 11.4. The van der Waals surface area contributed by atoms with E-state index in [1.807, 2.05) is 11.8 Å². The van der Waals surface area contributed by atoms with Gasteiger partial charge in [-0.3, -0.25) is 0 Å². The minimum Gasteiger partial charge on any atom is -0.375 e. The predicted molar refractivity (Wildman–Crippen MR) is 69.8 cm³/mol. The molecular weight excluding hydrogens is 218 g/mol. The third-order valence-corrected chi connectivity index (χ3v) is 3.71. The highest BCUT2D eigenvalue weighted by Crippen LogP contribution is 2.24. The van der Waals surface area contributed by atoms with Gasteiger partial charge in [0.2, 0.25) is 0 Å². The van der Waals surface area contributed by atoms with Crippen LogP contribution in [-0.4, -0.2) is 24.7 Å². The summed E-state index contributed by atoms with van der Waals surface area (Å²) in [5, 5.41) is 3.63. The van der Waals surface area contributed by atoms with E-state index in [1.165, 1.54) is 11.1 Å². The van der Waals surface area contributed by atoms with E-state index in [9.17, 15) is 0 Å². The molecule has 2 unspecified atom stereocenters. The summed E-state index contributed by atoms with van der Waals surface area (Å²) in [5.41, 5.74) is 2.73. The van der Waals surface area contributed by atoms with Crippen LogP contribution in [0.5, 0.6) is 0 Å². The molecule has 1 aromatic carbocycles. The van der Waals surface area contributed by atoms with Crippen molar-refractivity contribution in [3.05, 3.63) is 35.4 Å². The van der Waals surface area contributed by atoms with Crippen LogP contribution in [0.4, 0.5) is 0 Å². The van der Waals surface area contributed by atoms with Crippen molar-refractivity contribution in [2.24, 2.45) is 0 Å². The van der Waals surface area contributed by atoms with Gasteiger partial charge < -0.3 is 10.1 Å². The predicted octanol–water partition coefficient (Wildman–Crippen LogP) is 2.60. The minimum atomic E-state index is 0.354. The fourth-order valence-corrected chi connectivity index (χ4v) is 2.76. The Kier molecular flexibility index (Phi) is 4.27. The topological polar surface area (TPSA) is 21.3 Å². The first-order valence-electron chi connectivity index (χ1n) is 5.72. The molecule has 0 saturated carbocycles. The second kappa shape index (κ2) is 5.71. The molecule has 2 rings (SSSR count). The summed E-state index contributed by atoms with van der Waals surface area (Å²) in [5.74, 6) is 1.14. The van der Waals surface area contributed by atoms with E-state index >= 15 is 0 Å². The molecule has 88 valence electrons. The number of hydrogen-bond donors (Lipinski definition) is 1. The van der Waals surface area contributed by atoms with Crippen molar-refractivity contribution in [3.63, 3.8) is 0 Å². The largest absolute Gasteiger partial charge is 0.375 e. The quantitative estimate of drug-likeness (QED) is 0.869. The van der Waals surface area contributed by atoms with Gasteiger partial charge in [0.1, 0.15) is 0 Å². The fraction of sp³-hybridized carbons (Fsp3) is 0.538. The van der Waals surface area contributed by atoms with E-state index < -0.39 is 0 Å². The van der Waals surface area contributed by atoms with Crippen LogP contribution in [0.25, 0.3) is 0 Å². The van der Waals surface area contributed by atoms with E-state index in [2.05, 4.69) is 42.8 Å². The molecule has 2 atom stereocenters. The molecule has 0 fully saturated rings. The number of nitrogens with one attached hydrogen (secondary N) is 1. The van der Waals surface area contributed by atoms with E-state index in [-0.39, 0.29) is 0 Å². The van der Waals surface area contributed by atoms with Crippen LogP contribution >= 0.6 is 11.8 Å². The van der Waals surface area contributed by atoms with Crippen LogP contribution in [0.3, 0.4) is 0 Å². The third kappa shape index (κ3) is 2.78. The monoisotopic (exact) mass is 237 g/mol. The van der Waals surface area contributed by atoms with E-state index in [4.69, 9.17) is 4.74 Å². The van der Waals surface area contributed by atoms with Gasteiger partial charge in [0, 0.05) is 11.8 Å². The lowest BCUT2D eigenvalue weighted by Crippen LogP contribution is -2.37. The maximum absolute atomic E-state index is 5.62. The van der Waals surface area contributed by atoms with Gasteiger partial charge in [0.25, 0.3) is 0 Å². The molecule has 1 aliphatic heterocycles. The smallest absolute Gasteiger partial charge is 0.0721 e. The number of hydrogen-bond acceptors (Lipinski definition) is 3. The molecule has 0 spiro atoms. The summed E-state index contributed by atoms with van der Waals surface area (Å²) >= 11 is 1.88. The number of fused-ring (bicyclic) bond motifs is 1. The molecule has 0 amide bonds. The normalized spacial score (nSPS) is 21.5. The van der Waals surface area contributed by atoms with E-state index in [0.29, 0.717) is 12.1 Å². The zero-order valence-corrected chi connectivity index (χ0v) is 10.7. The second-order valence-electron chi connectivity index (χ2n) is 4.29. The summed E-state index contributed by atoms with van der Waals surface area (Å²) < 4.78 is 5.62. The Balaban J connectivity index is 2.07. The average Bonchev–Trinajstić information content (AvgIpc) is 2.30. The highest BCUT2D eigenvalue weighted by molar-refractivity contribution is 7.98. The third-order valence-electron chi connectivity index (χ3n) is 2.87. The summed E-state index contributed by atoms with van der Waals surface area (Å²) in [6.07, 6.45) is 2.14. The highest BCUT2D eigenvalue weighted by atomic mass is 32.2. The molecule has 1 N–H and O–H groups in total. The van der Waals surface area contributed by atoms with Gasteiger partial charge in [-0.05, 0) is 24.3 Å². The first-order chi connectivity index (χ1) is 7.81. The lowest BCUT2D eigenvalue weighted by atomic mass is 9.98. The molecule has 16 heavy (non-hydrogen) atoms. The Morgan fingerprint density at radius 1 is 1.50 bits per heavy atom. The van der Waals surface area contributed by atoms with Crippen LogP contribution < -0.4 is 5.32 Å². The van der Waals surface area contributed by atoms with Crippen LogP contribution in [0.1, 0.15) is 24.1 Å². The lowest BCUT2D eigenvalue weighted by molar-refractivity contribution is 0.0799. The molecule has 1 aromatic rings. The van der Waals surface area contributed by atoms with Crippen LogP contribution in [0.2, 0.25) is 0 Å².